The van der Waals surface area contributed by atoms with E-state index in [1.807, 2.05) is 72.8 Å². The van der Waals surface area contributed by atoms with Crippen molar-refractivity contribution in [3.8, 4) is 11.5 Å². The number of esters is 2. The number of fused-ring (bicyclic) bond motifs is 1. The molecule has 0 bridgehead atoms. The number of phenolic OH excluding ortho intramolecular Hbond substituents is 1. The van der Waals surface area contributed by atoms with Crippen molar-refractivity contribution >= 4 is 18.0 Å². The van der Waals surface area contributed by atoms with Crippen LogP contribution in [0.15, 0.2) is 66.7 Å². The Hall–Kier alpha value is -4.06. The van der Waals surface area contributed by atoms with Gasteiger partial charge in [-0.3, -0.25) is 0 Å². The number of allylic oxidation sites excluding steroid dienone is 1. The number of carbonyl (C=O) groups is 2. The van der Waals surface area contributed by atoms with E-state index >= 15 is 0 Å². The third-order valence-corrected chi connectivity index (χ3v) is 5.94. The Balaban J connectivity index is 1.85. The highest BCUT2D eigenvalue weighted by molar-refractivity contribution is 6.03. The van der Waals surface area contributed by atoms with Gasteiger partial charge in [-0.15, -0.1) is 0 Å². The molecular weight excluding hydrogens is 456 g/mol. The number of hydrogen-bond acceptors (Lipinski definition) is 6. The van der Waals surface area contributed by atoms with Crippen molar-refractivity contribution < 1.29 is 28.9 Å². The summed E-state index contributed by atoms with van der Waals surface area (Å²) >= 11 is 0. The molecule has 1 aliphatic heterocycles. The van der Waals surface area contributed by atoms with E-state index < -0.39 is 17.7 Å². The van der Waals surface area contributed by atoms with Gasteiger partial charge in [-0.25, -0.2) is 9.59 Å². The van der Waals surface area contributed by atoms with Gasteiger partial charge in [0.15, 0.2) is 0 Å². The maximum Gasteiger partial charge on any atom is 0.345 e. The molecule has 0 aromatic heterocycles. The number of cyclic esters (lactones) is 1. The van der Waals surface area contributed by atoms with Gasteiger partial charge in [0.2, 0.25) is 5.79 Å². The van der Waals surface area contributed by atoms with Gasteiger partial charge in [0.1, 0.15) is 22.6 Å². The third-order valence-electron chi connectivity index (χ3n) is 5.94. The topological polar surface area (TPSA) is 82.1 Å². The molecule has 0 unspecified atom stereocenters. The van der Waals surface area contributed by atoms with Crippen LogP contribution in [0.5, 0.6) is 11.5 Å². The summed E-state index contributed by atoms with van der Waals surface area (Å²) in [5.41, 5.74) is 2.86. The molecule has 0 fully saturated rings. The van der Waals surface area contributed by atoms with Crippen molar-refractivity contribution in [2.24, 2.45) is 0 Å². The minimum Gasteiger partial charge on any atom is -0.507 e. The number of hydrogen-bond donors (Lipinski definition) is 1. The molecule has 1 aliphatic rings. The fourth-order valence-corrected chi connectivity index (χ4v) is 4.34. The largest absolute Gasteiger partial charge is 0.507 e. The van der Waals surface area contributed by atoms with Crippen LogP contribution in [0.25, 0.3) is 6.08 Å². The molecule has 186 valence electrons. The van der Waals surface area contributed by atoms with E-state index in [0.29, 0.717) is 24.0 Å². The van der Waals surface area contributed by atoms with Gasteiger partial charge in [-0.2, -0.15) is 0 Å². The van der Waals surface area contributed by atoms with Crippen molar-refractivity contribution in [2.45, 2.75) is 45.8 Å². The van der Waals surface area contributed by atoms with Crippen LogP contribution in [-0.4, -0.2) is 29.4 Å². The zero-order chi connectivity index (χ0) is 25.7. The molecule has 0 atom stereocenters. The first-order valence-corrected chi connectivity index (χ1v) is 12.1. The van der Waals surface area contributed by atoms with E-state index in [9.17, 15) is 14.7 Å². The Morgan fingerprint density at radius 1 is 0.972 bits per heavy atom. The Bertz CT molecular complexity index is 1280. The van der Waals surface area contributed by atoms with E-state index in [0.717, 1.165) is 11.1 Å². The Morgan fingerprint density at radius 2 is 1.64 bits per heavy atom. The molecule has 1 heterocycles. The molecule has 0 spiro atoms. The second kappa shape index (κ2) is 10.7. The Morgan fingerprint density at radius 3 is 2.31 bits per heavy atom. The van der Waals surface area contributed by atoms with Crippen LogP contribution in [0, 0.1) is 0 Å². The monoisotopic (exact) mass is 486 g/mol. The molecule has 6 heteroatoms. The summed E-state index contributed by atoms with van der Waals surface area (Å²) in [5, 5.41) is 11.4. The van der Waals surface area contributed by atoms with Crippen molar-refractivity contribution in [3.63, 3.8) is 0 Å². The lowest BCUT2D eigenvalue weighted by atomic mass is 9.88. The highest BCUT2D eigenvalue weighted by atomic mass is 16.7. The normalized spacial score (nSPS) is 14.1. The van der Waals surface area contributed by atoms with E-state index in [-0.39, 0.29) is 35.7 Å². The fourth-order valence-electron chi connectivity index (χ4n) is 4.34. The maximum absolute atomic E-state index is 13.3. The number of aromatic hydroxyl groups is 1. The minimum atomic E-state index is -1.23. The Kier molecular flexibility index (Phi) is 7.44. The lowest BCUT2D eigenvalue weighted by Gasteiger charge is -2.34. The number of aryl methyl sites for hydroxylation is 1. The van der Waals surface area contributed by atoms with Crippen molar-refractivity contribution in [3.05, 3.63) is 100 Å². The zero-order valence-electron chi connectivity index (χ0n) is 20.7. The average Bonchev–Trinajstić information content (AvgIpc) is 2.84. The summed E-state index contributed by atoms with van der Waals surface area (Å²) < 4.78 is 16.9. The van der Waals surface area contributed by atoms with Crippen LogP contribution in [0.1, 0.15) is 63.7 Å². The predicted octanol–water partition coefficient (Wildman–Crippen LogP) is 5.90. The van der Waals surface area contributed by atoms with Gasteiger partial charge in [0.25, 0.3) is 0 Å². The lowest BCUT2D eigenvalue weighted by molar-refractivity contribution is -0.128. The molecule has 0 amide bonds. The first-order valence-electron chi connectivity index (χ1n) is 12.1. The molecule has 0 aliphatic carbocycles. The molecule has 0 saturated heterocycles. The summed E-state index contributed by atoms with van der Waals surface area (Å²) in [6.07, 6.45) is 4.86. The maximum atomic E-state index is 13.3. The highest BCUT2D eigenvalue weighted by Crippen LogP contribution is 2.44. The molecular formula is C30H30O6. The zero-order valence-corrected chi connectivity index (χ0v) is 20.7. The molecule has 0 saturated carbocycles. The van der Waals surface area contributed by atoms with E-state index in [1.54, 1.807) is 20.8 Å². The number of ether oxygens (including phenoxy) is 3. The van der Waals surface area contributed by atoms with Crippen LogP contribution in [0.2, 0.25) is 0 Å². The SMILES string of the molecule is CCOC(=O)c1c(O)c(C/C=C/c2ccccc2)c2c(c1CCc1ccccc1)C(=O)OC(C)(C)O2. The van der Waals surface area contributed by atoms with Crippen molar-refractivity contribution in [1.29, 1.82) is 0 Å². The average molecular weight is 487 g/mol. The van der Waals surface area contributed by atoms with Crippen LogP contribution in [0.4, 0.5) is 0 Å². The standard InChI is InChI=1S/C30H30O6/c1-4-34-28(32)24-22(19-18-21-14-9-6-10-15-21)25-27(35-30(2,3)36-29(25)33)23(26(24)31)17-11-16-20-12-7-5-8-13-20/h5-16,31H,4,17-19H2,1-3H3/b16-11+. The van der Waals surface area contributed by atoms with Crippen LogP contribution in [0.3, 0.4) is 0 Å². The summed E-state index contributed by atoms with van der Waals surface area (Å²) in [7, 11) is 0. The molecule has 4 rings (SSSR count). The Labute approximate surface area is 211 Å². The molecule has 0 radical (unpaired) electrons. The van der Waals surface area contributed by atoms with Crippen molar-refractivity contribution in [2.75, 3.05) is 6.61 Å². The smallest absolute Gasteiger partial charge is 0.345 e. The number of benzene rings is 3. The van der Waals surface area contributed by atoms with E-state index in [4.69, 9.17) is 14.2 Å². The van der Waals surface area contributed by atoms with Gasteiger partial charge in [-0.05, 0) is 42.9 Å². The second-order valence-corrected chi connectivity index (χ2v) is 9.00. The second-order valence-electron chi connectivity index (χ2n) is 9.00. The van der Waals surface area contributed by atoms with Gasteiger partial charge < -0.3 is 19.3 Å². The number of carbonyl (C=O) groups excluding carboxylic acids is 2. The highest BCUT2D eigenvalue weighted by Gasteiger charge is 2.40. The molecule has 36 heavy (non-hydrogen) atoms. The minimum absolute atomic E-state index is 0.0186. The predicted molar refractivity (Wildman–Crippen MR) is 137 cm³/mol. The first-order chi connectivity index (χ1) is 17.3. The van der Waals surface area contributed by atoms with Crippen molar-refractivity contribution in [1.82, 2.24) is 0 Å². The summed E-state index contributed by atoms with van der Waals surface area (Å²) in [4.78, 5) is 26.3. The molecule has 6 nitrogen and oxygen atoms in total. The van der Waals surface area contributed by atoms with Crippen LogP contribution >= 0.6 is 0 Å². The van der Waals surface area contributed by atoms with Gasteiger partial charge in [-0.1, -0.05) is 72.8 Å². The van der Waals surface area contributed by atoms with Gasteiger partial charge >= 0.3 is 11.9 Å². The lowest BCUT2D eigenvalue weighted by Crippen LogP contribution is -2.40. The van der Waals surface area contributed by atoms with E-state index in [2.05, 4.69) is 0 Å². The fraction of sp³-hybridized carbons (Fsp3) is 0.267. The van der Waals surface area contributed by atoms with Gasteiger partial charge in [0.05, 0.1) is 6.61 Å². The van der Waals surface area contributed by atoms with Crippen LogP contribution < -0.4 is 4.74 Å². The first kappa shape index (κ1) is 25.0. The quantitative estimate of drug-likeness (QED) is 0.400. The summed E-state index contributed by atoms with van der Waals surface area (Å²) in [6, 6.07) is 19.4. The summed E-state index contributed by atoms with van der Waals surface area (Å²) in [5.74, 6) is -2.51. The van der Waals surface area contributed by atoms with Crippen LogP contribution in [-0.2, 0) is 28.7 Å². The molecule has 1 N–H and O–H groups in total. The molecule has 3 aromatic carbocycles. The number of phenols is 1. The number of rotatable bonds is 8. The van der Waals surface area contributed by atoms with E-state index in [1.165, 1.54) is 0 Å². The summed E-state index contributed by atoms with van der Waals surface area (Å²) in [6.45, 7) is 5.10. The third kappa shape index (κ3) is 5.43. The molecule has 3 aromatic rings. The van der Waals surface area contributed by atoms with Gasteiger partial charge in [0, 0.05) is 19.4 Å².